The van der Waals surface area contributed by atoms with E-state index >= 15 is 0 Å². The number of aryl methyl sites for hydroxylation is 1. The van der Waals surface area contributed by atoms with Crippen LogP contribution in [0.15, 0.2) is 9.95 Å². The minimum atomic E-state index is 0.0419. The minimum Gasteiger partial charge on any atom is -0.301 e. The second-order valence-corrected chi connectivity index (χ2v) is 8.22. The predicted molar refractivity (Wildman–Crippen MR) is 82.4 cm³/mol. The molecule has 2 aromatic heterocycles. The van der Waals surface area contributed by atoms with E-state index in [0.717, 1.165) is 34.1 Å². The minimum absolute atomic E-state index is 0.0419. The summed E-state index contributed by atoms with van der Waals surface area (Å²) >= 11 is 3.33. The molecule has 19 heavy (non-hydrogen) atoms. The summed E-state index contributed by atoms with van der Waals surface area (Å²) < 4.78 is 0. The summed E-state index contributed by atoms with van der Waals surface area (Å²) in [7, 11) is 0. The highest BCUT2D eigenvalue weighted by Gasteiger charge is 2.23. The summed E-state index contributed by atoms with van der Waals surface area (Å²) in [6.45, 7) is 6.50. The number of thiophene rings is 1. The number of rotatable bonds is 2. The van der Waals surface area contributed by atoms with Gasteiger partial charge in [-0.3, -0.25) is 4.79 Å². The van der Waals surface area contributed by atoms with E-state index in [-0.39, 0.29) is 5.56 Å². The van der Waals surface area contributed by atoms with Crippen molar-refractivity contribution in [3.05, 3.63) is 20.8 Å². The van der Waals surface area contributed by atoms with Crippen LogP contribution >= 0.6 is 23.1 Å². The lowest BCUT2D eigenvalue weighted by Crippen LogP contribution is -2.13. The van der Waals surface area contributed by atoms with Crippen molar-refractivity contribution in [1.29, 1.82) is 0 Å². The van der Waals surface area contributed by atoms with Gasteiger partial charge in [-0.2, -0.15) is 0 Å². The molecule has 1 aliphatic carbocycles. The van der Waals surface area contributed by atoms with Crippen molar-refractivity contribution in [1.82, 2.24) is 9.97 Å². The number of fused-ring (bicyclic) bond motifs is 3. The summed E-state index contributed by atoms with van der Waals surface area (Å²) in [6.07, 6.45) is 3.31. The second kappa shape index (κ2) is 4.94. The van der Waals surface area contributed by atoms with Gasteiger partial charge in [-0.25, -0.2) is 4.98 Å². The Kier molecular flexibility index (Phi) is 3.43. The molecule has 1 N–H and O–H groups in total. The molecule has 5 heteroatoms. The fraction of sp³-hybridized carbons (Fsp3) is 0.571. The molecule has 0 aromatic carbocycles. The first kappa shape index (κ1) is 13.2. The van der Waals surface area contributed by atoms with Crippen LogP contribution in [0.1, 0.15) is 37.6 Å². The topological polar surface area (TPSA) is 45.8 Å². The van der Waals surface area contributed by atoms with Crippen LogP contribution in [0.3, 0.4) is 0 Å². The van der Waals surface area contributed by atoms with Crippen LogP contribution in [0, 0.1) is 5.92 Å². The average molecular weight is 294 g/mol. The summed E-state index contributed by atoms with van der Waals surface area (Å²) in [5.41, 5.74) is 1.30. The first-order valence-corrected chi connectivity index (χ1v) is 8.45. The van der Waals surface area contributed by atoms with E-state index in [1.165, 1.54) is 16.9 Å². The Bertz CT molecular complexity index is 672. The van der Waals surface area contributed by atoms with Crippen molar-refractivity contribution >= 4 is 33.3 Å². The van der Waals surface area contributed by atoms with Crippen LogP contribution < -0.4 is 5.56 Å². The van der Waals surface area contributed by atoms with Gasteiger partial charge in [-0.1, -0.05) is 32.5 Å². The van der Waals surface area contributed by atoms with Crippen LogP contribution in [0.4, 0.5) is 0 Å². The largest absolute Gasteiger partial charge is 0.301 e. The lowest BCUT2D eigenvalue weighted by atomic mass is 9.89. The van der Waals surface area contributed by atoms with Crippen molar-refractivity contribution in [2.45, 2.75) is 50.4 Å². The highest BCUT2D eigenvalue weighted by atomic mass is 32.2. The van der Waals surface area contributed by atoms with E-state index in [9.17, 15) is 4.79 Å². The van der Waals surface area contributed by atoms with Crippen molar-refractivity contribution < 1.29 is 0 Å². The normalized spacial score (nSPS) is 19.1. The molecule has 1 aliphatic rings. The lowest BCUT2D eigenvalue weighted by molar-refractivity contribution is 0.509. The van der Waals surface area contributed by atoms with Crippen LogP contribution in [0.5, 0.6) is 0 Å². The molecule has 2 aromatic rings. The smallest absolute Gasteiger partial charge is 0.260 e. The number of hydrogen-bond acceptors (Lipinski definition) is 4. The Morgan fingerprint density at radius 2 is 2.26 bits per heavy atom. The first-order chi connectivity index (χ1) is 9.04. The molecular weight excluding hydrogens is 276 g/mol. The molecule has 3 nitrogen and oxygen atoms in total. The molecule has 2 heterocycles. The molecular formula is C14H18N2OS2. The van der Waals surface area contributed by atoms with Gasteiger partial charge in [0.2, 0.25) is 0 Å². The third-order valence-electron chi connectivity index (χ3n) is 3.49. The van der Waals surface area contributed by atoms with Gasteiger partial charge in [0.05, 0.1) is 5.39 Å². The van der Waals surface area contributed by atoms with Gasteiger partial charge < -0.3 is 4.98 Å². The number of aromatic amines is 1. The number of aromatic nitrogens is 2. The molecule has 3 rings (SSSR count). The van der Waals surface area contributed by atoms with Crippen molar-refractivity contribution in [2.24, 2.45) is 5.92 Å². The number of nitrogens with one attached hydrogen (secondary N) is 1. The van der Waals surface area contributed by atoms with Crippen molar-refractivity contribution in [2.75, 3.05) is 0 Å². The summed E-state index contributed by atoms with van der Waals surface area (Å²) in [6, 6.07) is 0. The number of H-pyrrole nitrogens is 1. The fourth-order valence-electron chi connectivity index (χ4n) is 2.61. The van der Waals surface area contributed by atoms with Crippen LogP contribution in [0.25, 0.3) is 10.2 Å². The third-order valence-corrected chi connectivity index (χ3v) is 5.53. The quantitative estimate of drug-likeness (QED) is 0.680. The molecule has 1 unspecified atom stereocenters. The van der Waals surface area contributed by atoms with E-state index in [0.29, 0.717) is 5.25 Å². The highest BCUT2D eigenvalue weighted by molar-refractivity contribution is 7.99. The molecule has 1 atom stereocenters. The fourth-order valence-corrected chi connectivity index (χ4v) is 4.79. The van der Waals surface area contributed by atoms with Crippen molar-refractivity contribution in [3.8, 4) is 0 Å². The van der Waals surface area contributed by atoms with Crippen LogP contribution in [-0.2, 0) is 12.8 Å². The molecule has 0 radical (unpaired) electrons. The lowest BCUT2D eigenvalue weighted by Gasteiger charge is -2.17. The van der Waals surface area contributed by atoms with E-state index in [2.05, 4.69) is 30.7 Å². The van der Waals surface area contributed by atoms with Gasteiger partial charge in [0.1, 0.15) is 4.83 Å². The van der Waals surface area contributed by atoms with E-state index in [4.69, 9.17) is 0 Å². The molecule has 0 saturated carbocycles. The maximum atomic E-state index is 12.3. The number of thioether (sulfide) groups is 1. The van der Waals surface area contributed by atoms with Gasteiger partial charge in [0.15, 0.2) is 5.16 Å². The van der Waals surface area contributed by atoms with E-state index < -0.39 is 0 Å². The van der Waals surface area contributed by atoms with Gasteiger partial charge in [0, 0.05) is 10.1 Å². The maximum absolute atomic E-state index is 12.3. The highest BCUT2D eigenvalue weighted by Crippen LogP contribution is 2.36. The second-order valence-electron chi connectivity index (χ2n) is 5.57. The Hall–Kier alpha value is -0.810. The van der Waals surface area contributed by atoms with E-state index in [1.54, 1.807) is 23.1 Å². The van der Waals surface area contributed by atoms with Gasteiger partial charge in [-0.15, -0.1) is 11.3 Å². The molecule has 0 saturated heterocycles. The third kappa shape index (κ3) is 2.46. The summed E-state index contributed by atoms with van der Waals surface area (Å²) in [5.74, 6) is 0.726. The van der Waals surface area contributed by atoms with Crippen LogP contribution in [0.2, 0.25) is 0 Å². The SMILES string of the molecule is CC1CCc2c(sc3nc(SC(C)C)[nH]c(=O)c23)C1. The zero-order chi connectivity index (χ0) is 13.6. The Morgan fingerprint density at radius 3 is 3.00 bits per heavy atom. The molecule has 0 amide bonds. The van der Waals surface area contributed by atoms with Gasteiger partial charge in [-0.05, 0) is 30.7 Å². The zero-order valence-electron chi connectivity index (χ0n) is 11.4. The summed E-state index contributed by atoms with van der Waals surface area (Å²) in [4.78, 5) is 22.2. The molecule has 0 spiro atoms. The van der Waals surface area contributed by atoms with Gasteiger partial charge in [0.25, 0.3) is 5.56 Å². The Morgan fingerprint density at radius 1 is 1.47 bits per heavy atom. The Labute approximate surface area is 120 Å². The Balaban J connectivity index is 2.14. The number of nitrogens with zero attached hydrogens (tertiary/aromatic N) is 1. The summed E-state index contributed by atoms with van der Waals surface area (Å²) in [5, 5.41) is 2.02. The van der Waals surface area contributed by atoms with Crippen LogP contribution in [-0.4, -0.2) is 15.2 Å². The molecule has 0 bridgehead atoms. The standard InChI is InChI=1S/C14H18N2OS2/c1-7(2)18-14-15-12(17)11-9-5-4-8(3)6-10(9)19-13(11)16-14/h7-8H,4-6H2,1-3H3,(H,15,16,17). The van der Waals surface area contributed by atoms with Gasteiger partial charge >= 0.3 is 0 Å². The molecule has 102 valence electrons. The monoisotopic (exact) mass is 294 g/mol. The predicted octanol–water partition coefficient (Wildman–Crippen LogP) is 3.61. The zero-order valence-corrected chi connectivity index (χ0v) is 13.1. The molecule has 0 aliphatic heterocycles. The van der Waals surface area contributed by atoms with E-state index in [1.807, 2.05) is 0 Å². The molecule has 0 fully saturated rings. The number of hydrogen-bond donors (Lipinski definition) is 1. The van der Waals surface area contributed by atoms with Crippen molar-refractivity contribution in [3.63, 3.8) is 0 Å². The maximum Gasteiger partial charge on any atom is 0.260 e. The first-order valence-electron chi connectivity index (χ1n) is 6.76. The average Bonchev–Trinajstić information content (AvgIpc) is 2.65.